The molecule has 1 aromatic rings. The van der Waals surface area contributed by atoms with E-state index in [1.807, 2.05) is 44.2 Å². The third kappa shape index (κ3) is 4.58. The fourth-order valence-electron chi connectivity index (χ4n) is 3.17. The molecule has 0 spiro atoms. The van der Waals surface area contributed by atoms with Crippen molar-refractivity contribution in [2.24, 2.45) is 5.92 Å². The Balaban J connectivity index is 2.24. The summed E-state index contributed by atoms with van der Waals surface area (Å²) < 4.78 is 24.6. The molecule has 1 N–H and O–H groups in total. The van der Waals surface area contributed by atoms with Gasteiger partial charge in [0.1, 0.15) is 5.78 Å². The quantitative estimate of drug-likeness (QED) is 0.661. The van der Waals surface area contributed by atoms with E-state index in [9.17, 15) is 4.57 Å². The summed E-state index contributed by atoms with van der Waals surface area (Å²) in [6, 6.07) is 9.93. The van der Waals surface area contributed by atoms with Crippen molar-refractivity contribution in [1.82, 2.24) is 0 Å². The molecule has 124 valence electrons. The molecule has 2 rings (SSSR count). The van der Waals surface area contributed by atoms with Gasteiger partial charge in [0.25, 0.3) is 0 Å². The van der Waals surface area contributed by atoms with Gasteiger partial charge in [-0.15, -0.1) is 0 Å². The highest BCUT2D eigenvalue weighted by Gasteiger charge is 2.41. The number of nitrogens with one attached hydrogen (secondary N) is 1. The predicted molar refractivity (Wildman–Crippen MR) is 91.3 cm³/mol. The van der Waals surface area contributed by atoms with Gasteiger partial charge >= 0.3 is 7.60 Å². The average molecular weight is 325 g/mol. The van der Waals surface area contributed by atoms with E-state index < -0.39 is 7.60 Å². The van der Waals surface area contributed by atoms with Gasteiger partial charge in [0.15, 0.2) is 0 Å². The number of hydrogen-bond acceptors (Lipinski definition) is 4. The number of benzene rings is 1. The van der Waals surface area contributed by atoms with Crippen LogP contribution in [0.25, 0.3) is 0 Å². The van der Waals surface area contributed by atoms with Crippen LogP contribution in [0.4, 0.5) is 5.69 Å². The molecule has 0 bridgehead atoms. The molecule has 22 heavy (non-hydrogen) atoms. The molecule has 0 heterocycles. The van der Waals surface area contributed by atoms with Crippen LogP contribution in [0.2, 0.25) is 0 Å². The van der Waals surface area contributed by atoms with Crippen LogP contribution in [0.3, 0.4) is 0 Å². The number of para-hydroxylation sites is 1. The highest BCUT2D eigenvalue weighted by Crippen LogP contribution is 2.57. The second-order valence-corrected chi connectivity index (χ2v) is 7.88. The molecule has 1 unspecified atom stereocenters. The molecule has 0 saturated heterocycles. The molecule has 0 amide bonds. The Morgan fingerprint density at radius 2 is 1.68 bits per heavy atom. The summed E-state index contributed by atoms with van der Waals surface area (Å²) in [5.74, 6) is 0.0630. The SMILES string of the molecule is CCOP(=O)(OCC)C(Nc1ccccc1)C1CCCCC1. The highest BCUT2D eigenvalue weighted by atomic mass is 31.2. The summed E-state index contributed by atoms with van der Waals surface area (Å²) in [6.07, 6.45) is 5.80. The number of rotatable bonds is 8. The Kier molecular flexibility index (Phi) is 6.94. The van der Waals surface area contributed by atoms with Gasteiger partial charge in [0.05, 0.1) is 13.2 Å². The van der Waals surface area contributed by atoms with Crippen molar-refractivity contribution in [1.29, 1.82) is 0 Å². The van der Waals surface area contributed by atoms with Crippen LogP contribution in [0.1, 0.15) is 46.0 Å². The van der Waals surface area contributed by atoms with Crippen molar-refractivity contribution in [3.8, 4) is 0 Å². The first-order valence-electron chi connectivity index (χ1n) is 8.40. The first kappa shape index (κ1) is 17.5. The molecule has 1 fully saturated rings. The van der Waals surface area contributed by atoms with Crippen LogP contribution in [0.5, 0.6) is 0 Å². The van der Waals surface area contributed by atoms with Crippen LogP contribution >= 0.6 is 7.60 Å². The standard InChI is InChI=1S/C17H28NO3P/c1-3-20-22(19,21-4-2)17(15-11-7-5-8-12-15)18-16-13-9-6-10-14-16/h6,9-10,13-15,17-18H,3-5,7-8,11-12H2,1-2H3. The minimum atomic E-state index is -3.17. The van der Waals surface area contributed by atoms with Gasteiger partial charge in [-0.05, 0) is 44.7 Å². The molecule has 1 atom stereocenters. The summed E-state index contributed by atoms with van der Waals surface area (Å²) >= 11 is 0. The second-order valence-electron chi connectivity index (χ2n) is 5.73. The van der Waals surface area contributed by atoms with Gasteiger partial charge < -0.3 is 14.4 Å². The molecule has 1 aliphatic rings. The zero-order valence-electron chi connectivity index (χ0n) is 13.7. The van der Waals surface area contributed by atoms with Gasteiger partial charge in [0.2, 0.25) is 0 Å². The third-order valence-corrected chi connectivity index (χ3v) is 6.61. The lowest BCUT2D eigenvalue weighted by Crippen LogP contribution is -2.32. The molecule has 1 aromatic carbocycles. The van der Waals surface area contributed by atoms with Crippen molar-refractivity contribution in [3.63, 3.8) is 0 Å². The topological polar surface area (TPSA) is 47.6 Å². The van der Waals surface area contributed by atoms with Gasteiger partial charge in [-0.1, -0.05) is 37.5 Å². The predicted octanol–water partition coefficient (Wildman–Crippen LogP) is 5.27. The van der Waals surface area contributed by atoms with E-state index >= 15 is 0 Å². The van der Waals surface area contributed by atoms with Crippen LogP contribution in [-0.2, 0) is 13.6 Å². The van der Waals surface area contributed by atoms with Crippen molar-refractivity contribution >= 4 is 13.3 Å². The normalized spacial score (nSPS) is 18.1. The molecular weight excluding hydrogens is 297 g/mol. The van der Waals surface area contributed by atoms with Crippen LogP contribution in [0.15, 0.2) is 30.3 Å². The maximum absolute atomic E-state index is 13.3. The van der Waals surface area contributed by atoms with Gasteiger partial charge in [-0.25, -0.2) is 0 Å². The van der Waals surface area contributed by atoms with Crippen LogP contribution in [-0.4, -0.2) is 19.0 Å². The monoisotopic (exact) mass is 325 g/mol. The average Bonchev–Trinajstić information content (AvgIpc) is 2.55. The summed E-state index contributed by atoms with van der Waals surface area (Å²) in [6.45, 7) is 4.53. The molecular formula is C17H28NO3P. The van der Waals surface area contributed by atoms with E-state index in [2.05, 4.69) is 5.32 Å². The Morgan fingerprint density at radius 3 is 2.23 bits per heavy atom. The summed E-state index contributed by atoms with van der Waals surface area (Å²) in [7, 11) is -3.17. The van der Waals surface area contributed by atoms with Crippen molar-refractivity contribution in [3.05, 3.63) is 30.3 Å². The molecule has 0 aromatic heterocycles. The van der Waals surface area contributed by atoms with E-state index in [-0.39, 0.29) is 5.78 Å². The Bertz CT molecular complexity index is 464. The largest absolute Gasteiger partial charge is 0.371 e. The zero-order valence-corrected chi connectivity index (χ0v) is 14.6. The summed E-state index contributed by atoms with van der Waals surface area (Å²) in [5, 5.41) is 3.45. The number of anilines is 1. The summed E-state index contributed by atoms with van der Waals surface area (Å²) in [4.78, 5) is 0. The molecule has 4 nitrogen and oxygen atoms in total. The highest BCUT2D eigenvalue weighted by molar-refractivity contribution is 7.54. The first-order valence-corrected chi connectivity index (χ1v) is 10.0. The van der Waals surface area contributed by atoms with Crippen molar-refractivity contribution in [2.45, 2.75) is 51.7 Å². The van der Waals surface area contributed by atoms with Gasteiger partial charge in [0, 0.05) is 5.69 Å². The third-order valence-electron chi connectivity index (χ3n) is 4.14. The lowest BCUT2D eigenvalue weighted by atomic mass is 9.89. The minimum absolute atomic E-state index is 0.268. The molecule has 5 heteroatoms. The van der Waals surface area contributed by atoms with Gasteiger partial charge in [-0.3, -0.25) is 4.57 Å². The first-order chi connectivity index (χ1) is 10.7. The second kappa shape index (κ2) is 8.71. The van der Waals surface area contributed by atoms with Crippen molar-refractivity contribution < 1.29 is 13.6 Å². The lowest BCUT2D eigenvalue weighted by molar-refractivity contribution is 0.199. The molecule has 0 aliphatic heterocycles. The zero-order chi connectivity index (χ0) is 15.8. The molecule has 1 saturated carbocycles. The summed E-state index contributed by atoms with van der Waals surface area (Å²) in [5.41, 5.74) is 0.970. The maximum Gasteiger partial charge on any atom is 0.352 e. The van der Waals surface area contributed by atoms with E-state index in [0.29, 0.717) is 19.1 Å². The maximum atomic E-state index is 13.3. The smallest absolute Gasteiger partial charge is 0.352 e. The fraction of sp³-hybridized carbons (Fsp3) is 0.647. The van der Waals surface area contributed by atoms with E-state index in [1.54, 1.807) is 0 Å². The van der Waals surface area contributed by atoms with E-state index in [4.69, 9.17) is 9.05 Å². The Morgan fingerprint density at radius 1 is 1.09 bits per heavy atom. The van der Waals surface area contributed by atoms with Crippen LogP contribution in [0, 0.1) is 5.92 Å². The van der Waals surface area contributed by atoms with Crippen LogP contribution < -0.4 is 5.32 Å². The fourth-order valence-corrected chi connectivity index (χ4v) is 5.41. The van der Waals surface area contributed by atoms with Gasteiger partial charge in [-0.2, -0.15) is 0 Å². The Labute approximate surface area is 134 Å². The Hall–Kier alpha value is -0.830. The van der Waals surface area contributed by atoms with E-state index in [0.717, 1.165) is 18.5 Å². The molecule has 0 radical (unpaired) electrons. The number of hydrogen-bond donors (Lipinski definition) is 1. The van der Waals surface area contributed by atoms with Crippen molar-refractivity contribution in [2.75, 3.05) is 18.5 Å². The minimum Gasteiger partial charge on any atom is -0.371 e. The molecule has 1 aliphatic carbocycles. The lowest BCUT2D eigenvalue weighted by Gasteiger charge is -2.35. The van der Waals surface area contributed by atoms with E-state index in [1.165, 1.54) is 19.3 Å².